The minimum Gasteiger partial charge on any atom is -0.354 e. The Balaban J connectivity index is 1.85. The van der Waals surface area contributed by atoms with Crippen LogP contribution in [-0.2, 0) is 0 Å². The molecule has 1 aliphatic rings. The number of nitrogens with two attached hydrogens (primary N) is 2. The summed E-state index contributed by atoms with van der Waals surface area (Å²) < 4.78 is 0. The van der Waals surface area contributed by atoms with Gasteiger partial charge in [0.15, 0.2) is 0 Å². The van der Waals surface area contributed by atoms with Crippen molar-refractivity contribution in [2.45, 2.75) is 50.5 Å². The van der Waals surface area contributed by atoms with E-state index >= 15 is 0 Å². The Morgan fingerprint density at radius 1 is 0.872 bits per heavy atom. The second-order valence-corrected chi connectivity index (χ2v) is 14.9. The molecule has 1 aliphatic carbocycles. The van der Waals surface area contributed by atoms with E-state index in [1.165, 1.54) is 11.1 Å². The second-order valence-electron chi connectivity index (χ2n) is 12.7. The first-order valence-corrected chi connectivity index (χ1v) is 18.6. The van der Waals surface area contributed by atoms with E-state index < -0.39 is 0 Å². The topological polar surface area (TPSA) is 127 Å². The van der Waals surface area contributed by atoms with Crippen molar-refractivity contribution in [3.8, 4) is 0 Å². The van der Waals surface area contributed by atoms with E-state index in [2.05, 4.69) is 118 Å². The zero-order chi connectivity index (χ0) is 33.6. The lowest BCUT2D eigenvalue weighted by atomic mass is 9.50. The fraction of sp³-hybridized carbons (Fsp3) is 0.459. The zero-order valence-corrected chi connectivity index (χ0v) is 29.9. The van der Waals surface area contributed by atoms with Crippen LogP contribution in [0.3, 0.4) is 0 Å². The lowest BCUT2D eigenvalue weighted by molar-refractivity contribution is 0.185. The first kappa shape index (κ1) is 36.8. The Bertz CT molecular complexity index is 1400. The molecule has 4 rings (SSSR count). The summed E-state index contributed by atoms with van der Waals surface area (Å²) >= 11 is 3.34. The fourth-order valence-electron chi connectivity index (χ4n) is 6.05. The summed E-state index contributed by atoms with van der Waals surface area (Å²) in [7, 11) is 0. The first-order chi connectivity index (χ1) is 22.9. The largest absolute Gasteiger partial charge is 0.354 e. The van der Waals surface area contributed by atoms with Crippen LogP contribution >= 0.6 is 23.5 Å². The van der Waals surface area contributed by atoms with E-state index in [-0.39, 0.29) is 23.7 Å². The zero-order valence-electron chi connectivity index (χ0n) is 28.3. The molecule has 47 heavy (non-hydrogen) atoms. The lowest BCUT2D eigenvalue weighted by Crippen LogP contribution is -2.43. The summed E-state index contributed by atoms with van der Waals surface area (Å²) in [6, 6.07) is 23.7. The number of hydrogen-bond acceptors (Lipinski definition) is 10. The summed E-state index contributed by atoms with van der Waals surface area (Å²) in [4.78, 5) is 19.7. The van der Waals surface area contributed by atoms with E-state index in [1.54, 1.807) is 23.5 Å². The van der Waals surface area contributed by atoms with Crippen LogP contribution in [0, 0.1) is 17.8 Å². The highest BCUT2D eigenvalue weighted by Gasteiger charge is 2.54. The third-order valence-electron chi connectivity index (χ3n) is 8.08. The molecule has 10 heteroatoms. The van der Waals surface area contributed by atoms with Gasteiger partial charge in [-0.05, 0) is 48.4 Å². The van der Waals surface area contributed by atoms with Gasteiger partial charge in [-0.2, -0.15) is 0 Å². The molecule has 0 aliphatic heterocycles. The molecule has 0 saturated heterocycles. The molecule has 0 amide bonds. The first-order valence-electron chi connectivity index (χ1n) is 16.7. The van der Waals surface area contributed by atoms with Crippen molar-refractivity contribution >= 4 is 41.2 Å². The Morgan fingerprint density at radius 2 is 1.49 bits per heavy atom. The van der Waals surface area contributed by atoms with Crippen molar-refractivity contribution < 1.29 is 0 Å². The fourth-order valence-corrected chi connectivity index (χ4v) is 7.42. The molecule has 3 unspecified atom stereocenters. The molecule has 1 heterocycles. The van der Waals surface area contributed by atoms with Crippen LogP contribution < -0.4 is 22.1 Å². The number of aliphatic imine (C=N–C) groups is 2. The maximum atomic E-state index is 5.93. The lowest BCUT2D eigenvalue weighted by Gasteiger charge is -2.53. The van der Waals surface area contributed by atoms with Crippen molar-refractivity contribution in [3.05, 3.63) is 95.3 Å². The van der Waals surface area contributed by atoms with E-state index in [1.807, 2.05) is 0 Å². The molecule has 2 aromatic carbocycles. The Kier molecular flexibility index (Phi) is 15.0. The molecule has 8 nitrogen and oxygen atoms in total. The van der Waals surface area contributed by atoms with Crippen LogP contribution in [-0.4, -0.2) is 66.1 Å². The Morgan fingerprint density at radius 3 is 2.04 bits per heavy atom. The van der Waals surface area contributed by atoms with Crippen LogP contribution in [0.15, 0.2) is 93.5 Å². The minimum absolute atomic E-state index is 0.0526. The van der Waals surface area contributed by atoms with Gasteiger partial charge >= 0.3 is 0 Å². The summed E-state index contributed by atoms with van der Waals surface area (Å²) in [5.74, 6) is 3.60. The van der Waals surface area contributed by atoms with Crippen LogP contribution in [0.5, 0.6) is 0 Å². The van der Waals surface area contributed by atoms with Crippen LogP contribution in [0.1, 0.15) is 62.3 Å². The predicted octanol–water partition coefficient (Wildman–Crippen LogP) is 6.75. The Hall–Kier alpha value is -3.02. The van der Waals surface area contributed by atoms with Crippen molar-refractivity contribution in [1.82, 2.24) is 15.3 Å². The molecular weight excluding hydrogens is 621 g/mol. The molecule has 1 saturated carbocycles. The van der Waals surface area contributed by atoms with Gasteiger partial charge < -0.3 is 16.8 Å². The van der Waals surface area contributed by atoms with Gasteiger partial charge in [-0.3, -0.25) is 15.3 Å². The normalized spacial score (nSPS) is 20.0. The predicted molar refractivity (Wildman–Crippen MR) is 204 cm³/mol. The molecule has 3 aromatic rings. The molecule has 4 atom stereocenters. The molecule has 1 fully saturated rings. The van der Waals surface area contributed by atoms with Crippen LogP contribution in [0.4, 0.5) is 5.95 Å². The quantitative estimate of drug-likeness (QED) is 0.0384. The highest BCUT2D eigenvalue weighted by atomic mass is 32.2. The van der Waals surface area contributed by atoms with Crippen molar-refractivity contribution in [2.75, 3.05) is 49.7 Å². The smallest absolute Gasteiger partial charge is 0.223 e. The van der Waals surface area contributed by atoms with E-state index in [0.29, 0.717) is 37.5 Å². The highest BCUT2D eigenvalue weighted by molar-refractivity contribution is 8.14. The highest BCUT2D eigenvalue weighted by Crippen LogP contribution is 2.64. The standard InChI is InChI=1S/C37H52N8S2/c1-25(2)22-41-24-43-31(46-18-16-38)20-29(40-5)35-33(27-12-8-6-9-13-27)36(34(35)28-14-10-7-11-15-28)30-21-32(47-19-17-39)45-37(44-30)42-23-26(3)4/h6-15,20-21,25-26,33-36,41H,5,16-19,22-24,38-39H2,1-4H3,(H,42,44,45)/b29-20-,43-31+/t33-,34?,35?,36?/m1/s1. The second kappa shape index (κ2) is 19.1. The number of anilines is 1. The molecule has 0 radical (unpaired) electrons. The summed E-state index contributed by atoms with van der Waals surface area (Å²) in [5, 5.41) is 8.79. The number of nitrogens with zero attached hydrogens (tertiary/aromatic N) is 4. The Labute approximate surface area is 290 Å². The number of aromatic nitrogens is 2. The SMILES string of the molecule is C=N/C(=C\C(=N/CNCC(C)C)SCCN)C1C(c2ccccc2)C(c2cc(SCCN)nc(NCC(C)C)n2)[C@@H]1c1ccccc1. The number of benzene rings is 2. The molecule has 0 bridgehead atoms. The maximum Gasteiger partial charge on any atom is 0.223 e. The number of thioether (sulfide) groups is 2. The van der Waals surface area contributed by atoms with Crippen LogP contribution in [0.2, 0.25) is 0 Å². The van der Waals surface area contributed by atoms with Crippen LogP contribution in [0.25, 0.3) is 0 Å². The van der Waals surface area contributed by atoms with Gasteiger partial charge in [-0.1, -0.05) is 88.4 Å². The van der Waals surface area contributed by atoms with Gasteiger partial charge in [0.25, 0.3) is 0 Å². The maximum absolute atomic E-state index is 5.93. The van der Waals surface area contributed by atoms with Gasteiger partial charge in [0.1, 0.15) is 5.03 Å². The summed E-state index contributed by atoms with van der Waals surface area (Å²) in [5.41, 5.74) is 16.3. The van der Waals surface area contributed by atoms with Crippen molar-refractivity contribution in [1.29, 1.82) is 0 Å². The molecule has 6 N–H and O–H groups in total. The third-order valence-corrected chi connectivity index (χ3v) is 10.0. The number of rotatable bonds is 18. The van der Waals surface area contributed by atoms with E-state index in [9.17, 15) is 0 Å². The molecule has 1 aromatic heterocycles. The number of allylic oxidation sites excluding steroid dienone is 1. The minimum atomic E-state index is 0.0526. The van der Waals surface area contributed by atoms with Gasteiger partial charge in [-0.15, -0.1) is 23.5 Å². The third kappa shape index (κ3) is 10.5. The molecule has 252 valence electrons. The van der Waals surface area contributed by atoms with Gasteiger partial charge in [0.05, 0.1) is 17.4 Å². The average Bonchev–Trinajstić information content (AvgIpc) is 3.06. The number of nitrogens with one attached hydrogen (secondary N) is 2. The summed E-state index contributed by atoms with van der Waals surface area (Å²) in [6.07, 6.45) is 2.13. The summed E-state index contributed by atoms with van der Waals surface area (Å²) in [6.45, 7) is 16.3. The molecule has 0 spiro atoms. The van der Waals surface area contributed by atoms with Crippen molar-refractivity contribution in [3.63, 3.8) is 0 Å². The van der Waals surface area contributed by atoms with Gasteiger partial charge in [0, 0.05) is 60.5 Å². The van der Waals surface area contributed by atoms with E-state index in [4.69, 9.17) is 31.4 Å². The van der Waals surface area contributed by atoms with Gasteiger partial charge in [-0.25, -0.2) is 9.97 Å². The number of hydrogen-bond donors (Lipinski definition) is 4. The van der Waals surface area contributed by atoms with Gasteiger partial charge in [0.2, 0.25) is 5.95 Å². The average molecular weight is 673 g/mol. The van der Waals surface area contributed by atoms with E-state index in [0.717, 1.165) is 46.1 Å². The van der Waals surface area contributed by atoms with Crippen molar-refractivity contribution in [2.24, 2.45) is 39.2 Å². The molecular formula is C37H52N8S2. The monoisotopic (exact) mass is 672 g/mol.